The molecule has 3 aromatic rings. The van der Waals surface area contributed by atoms with E-state index < -0.39 is 0 Å². The van der Waals surface area contributed by atoms with Crippen molar-refractivity contribution in [3.63, 3.8) is 0 Å². The van der Waals surface area contributed by atoms with E-state index in [9.17, 15) is 4.79 Å². The Hall–Kier alpha value is -3.09. The maximum Gasteiger partial charge on any atom is 0.271 e. The number of pyridine rings is 1. The highest BCUT2D eigenvalue weighted by Gasteiger charge is 2.22. The molecule has 0 aliphatic heterocycles. The molecule has 0 saturated heterocycles. The summed E-state index contributed by atoms with van der Waals surface area (Å²) in [5.41, 5.74) is 4.78. The van der Waals surface area contributed by atoms with E-state index in [0.717, 1.165) is 24.2 Å². The van der Waals surface area contributed by atoms with Crippen molar-refractivity contribution in [2.75, 3.05) is 6.54 Å². The normalized spacial score (nSPS) is 13.2. The fraction of sp³-hybridized carbons (Fsp3) is 0.316. The van der Waals surface area contributed by atoms with Crippen LogP contribution in [0.5, 0.6) is 0 Å². The summed E-state index contributed by atoms with van der Waals surface area (Å²) in [6.07, 6.45) is 10.7. The van der Waals surface area contributed by atoms with Gasteiger partial charge in [-0.3, -0.25) is 19.4 Å². The summed E-state index contributed by atoms with van der Waals surface area (Å²) in [5.74, 6) is -0.218. The number of amides is 1. The Morgan fingerprint density at radius 3 is 2.85 bits per heavy atom. The van der Waals surface area contributed by atoms with Crippen LogP contribution in [0.4, 0.5) is 0 Å². The lowest BCUT2D eigenvalue weighted by molar-refractivity contribution is 0.0946. The molecule has 0 saturated carbocycles. The quantitative estimate of drug-likeness (QED) is 0.763. The van der Waals surface area contributed by atoms with Gasteiger partial charge < -0.3 is 5.32 Å². The molecule has 0 unspecified atom stereocenters. The van der Waals surface area contributed by atoms with Gasteiger partial charge in [0, 0.05) is 36.4 Å². The van der Waals surface area contributed by atoms with Crippen molar-refractivity contribution in [1.82, 2.24) is 30.0 Å². The lowest BCUT2D eigenvalue weighted by Crippen LogP contribution is -2.28. The number of rotatable bonds is 5. The molecule has 0 radical (unpaired) electrons. The number of hydrogen-bond acceptors (Lipinski definition) is 5. The SMILES string of the molecule is O=C(NCCn1nc(-c2ccccn2)c2c1CCCC2)c1cnccn1. The number of nitrogens with zero attached hydrogens (tertiary/aromatic N) is 5. The standard InChI is InChI=1S/C19H20N6O/c26-19(16-13-20-9-10-22-16)23-11-12-25-17-7-2-1-5-14(17)18(24-25)15-6-3-4-8-21-15/h3-4,6,8-10,13H,1-2,5,7,11-12H2,(H,23,26). The first-order valence-corrected chi connectivity index (χ1v) is 8.87. The van der Waals surface area contributed by atoms with Crippen molar-refractivity contribution >= 4 is 5.91 Å². The molecule has 0 fully saturated rings. The molecule has 1 aliphatic carbocycles. The van der Waals surface area contributed by atoms with Crippen LogP contribution in [0.3, 0.4) is 0 Å². The van der Waals surface area contributed by atoms with Crippen LogP contribution in [-0.2, 0) is 19.4 Å². The first-order chi connectivity index (χ1) is 12.8. The van der Waals surface area contributed by atoms with Crippen LogP contribution < -0.4 is 5.32 Å². The minimum atomic E-state index is -0.218. The smallest absolute Gasteiger partial charge is 0.271 e. The van der Waals surface area contributed by atoms with Gasteiger partial charge in [-0.15, -0.1) is 0 Å². The van der Waals surface area contributed by atoms with Crippen molar-refractivity contribution in [2.24, 2.45) is 0 Å². The summed E-state index contributed by atoms with van der Waals surface area (Å²) >= 11 is 0. The van der Waals surface area contributed by atoms with Gasteiger partial charge in [-0.2, -0.15) is 5.10 Å². The minimum absolute atomic E-state index is 0.218. The zero-order valence-corrected chi connectivity index (χ0v) is 14.4. The molecule has 3 aromatic heterocycles. The molecule has 7 nitrogen and oxygen atoms in total. The van der Waals surface area contributed by atoms with Crippen LogP contribution in [0.1, 0.15) is 34.6 Å². The second-order valence-corrected chi connectivity index (χ2v) is 6.27. The summed E-state index contributed by atoms with van der Waals surface area (Å²) in [4.78, 5) is 24.5. The van der Waals surface area contributed by atoms with E-state index in [1.54, 1.807) is 12.4 Å². The molecular weight excluding hydrogens is 328 g/mol. The molecule has 3 heterocycles. The van der Waals surface area contributed by atoms with Gasteiger partial charge in [0.05, 0.1) is 18.4 Å². The summed E-state index contributed by atoms with van der Waals surface area (Å²) in [6, 6.07) is 5.89. The van der Waals surface area contributed by atoms with Crippen molar-refractivity contribution in [3.8, 4) is 11.4 Å². The van der Waals surface area contributed by atoms with Crippen LogP contribution in [0.2, 0.25) is 0 Å². The molecule has 4 rings (SSSR count). The Balaban J connectivity index is 1.50. The monoisotopic (exact) mass is 348 g/mol. The van der Waals surface area contributed by atoms with Crippen molar-refractivity contribution in [1.29, 1.82) is 0 Å². The lowest BCUT2D eigenvalue weighted by atomic mass is 9.95. The van der Waals surface area contributed by atoms with E-state index in [1.807, 2.05) is 22.9 Å². The van der Waals surface area contributed by atoms with Crippen molar-refractivity contribution < 1.29 is 4.79 Å². The highest BCUT2D eigenvalue weighted by atomic mass is 16.1. The Morgan fingerprint density at radius 2 is 2.04 bits per heavy atom. The molecule has 0 aromatic carbocycles. The number of fused-ring (bicyclic) bond motifs is 1. The summed E-state index contributed by atoms with van der Waals surface area (Å²) < 4.78 is 2.02. The van der Waals surface area contributed by atoms with Crippen LogP contribution in [0.25, 0.3) is 11.4 Å². The molecule has 0 bridgehead atoms. The van der Waals surface area contributed by atoms with E-state index in [4.69, 9.17) is 5.10 Å². The van der Waals surface area contributed by atoms with Gasteiger partial charge in [0.1, 0.15) is 11.4 Å². The lowest BCUT2D eigenvalue weighted by Gasteiger charge is -2.14. The van der Waals surface area contributed by atoms with Gasteiger partial charge in [0.2, 0.25) is 0 Å². The van der Waals surface area contributed by atoms with Gasteiger partial charge in [0.25, 0.3) is 5.91 Å². The van der Waals surface area contributed by atoms with Crippen LogP contribution in [0, 0.1) is 0 Å². The summed E-state index contributed by atoms with van der Waals surface area (Å²) in [6.45, 7) is 1.12. The number of carbonyl (C=O) groups excluding carboxylic acids is 1. The minimum Gasteiger partial charge on any atom is -0.349 e. The average molecular weight is 348 g/mol. The topological polar surface area (TPSA) is 85.6 Å². The Labute approximate surface area is 151 Å². The molecule has 0 atom stereocenters. The highest BCUT2D eigenvalue weighted by molar-refractivity contribution is 5.91. The maximum atomic E-state index is 12.1. The molecule has 26 heavy (non-hydrogen) atoms. The zero-order valence-electron chi connectivity index (χ0n) is 14.4. The molecular formula is C19H20N6O. The third kappa shape index (κ3) is 3.33. The van der Waals surface area contributed by atoms with Crippen LogP contribution in [0.15, 0.2) is 43.0 Å². The van der Waals surface area contributed by atoms with Crippen molar-refractivity contribution in [2.45, 2.75) is 32.2 Å². The zero-order chi connectivity index (χ0) is 17.8. The molecule has 132 valence electrons. The molecule has 1 aliphatic rings. The predicted molar refractivity (Wildman–Crippen MR) is 96.5 cm³/mol. The summed E-state index contributed by atoms with van der Waals surface area (Å²) in [7, 11) is 0. The highest BCUT2D eigenvalue weighted by Crippen LogP contribution is 2.30. The molecule has 0 spiro atoms. The fourth-order valence-electron chi connectivity index (χ4n) is 3.35. The number of nitrogens with one attached hydrogen (secondary N) is 1. The Kier molecular flexibility index (Phi) is 4.68. The largest absolute Gasteiger partial charge is 0.349 e. The van der Waals surface area contributed by atoms with E-state index in [1.165, 1.54) is 36.5 Å². The predicted octanol–water partition coefficient (Wildman–Crippen LogP) is 2.04. The maximum absolute atomic E-state index is 12.1. The van der Waals surface area contributed by atoms with Crippen molar-refractivity contribution in [3.05, 3.63) is 59.9 Å². The fourth-order valence-corrected chi connectivity index (χ4v) is 3.35. The van der Waals surface area contributed by atoms with Gasteiger partial charge in [-0.05, 0) is 37.8 Å². The van der Waals surface area contributed by atoms with Gasteiger partial charge >= 0.3 is 0 Å². The van der Waals surface area contributed by atoms with Gasteiger partial charge in [0.15, 0.2) is 0 Å². The third-order valence-corrected chi connectivity index (χ3v) is 4.57. The third-order valence-electron chi connectivity index (χ3n) is 4.57. The Morgan fingerprint density at radius 1 is 1.12 bits per heavy atom. The number of hydrogen-bond donors (Lipinski definition) is 1. The van der Waals surface area contributed by atoms with E-state index in [-0.39, 0.29) is 5.91 Å². The average Bonchev–Trinajstić information content (AvgIpc) is 3.08. The van der Waals surface area contributed by atoms with Crippen LogP contribution in [-0.4, -0.2) is 37.2 Å². The second-order valence-electron chi connectivity index (χ2n) is 6.27. The van der Waals surface area contributed by atoms with Crippen LogP contribution >= 0.6 is 0 Å². The number of aromatic nitrogens is 5. The first-order valence-electron chi connectivity index (χ1n) is 8.87. The Bertz CT molecular complexity index is 891. The first kappa shape index (κ1) is 16.4. The molecule has 7 heteroatoms. The van der Waals surface area contributed by atoms with Gasteiger partial charge in [-0.25, -0.2) is 4.98 Å². The van der Waals surface area contributed by atoms with E-state index in [0.29, 0.717) is 18.8 Å². The van der Waals surface area contributed by atoms with E-state index >= 15 is 0 Å². The number of carbonyl (C=O) groups is 1. The molecule has 1 amide bonds. The molecule has 1 N–H and O–H groups in total. The summed E-state index contributed by atoms with van der Waals surface area (Å²) in [5, 5.41) is 7.69. The van der Waals surface area contributed by atoms with Gasteiger partial charge in [-0.1, -0.05) is 6.07 Å². The van der Waals surface area contributed by atoms with E-state index in [2.05, 4.69) is 20.3 Å². The second kappa shape index (κ2) is 7.43.